The van der Waals surface area contributed by atoms with Gasteiger partial charge in [-0.05, 0) is 31.2 Å². The lowest BCUT2D eigenvalue weighted by atomic mass is 10.1. The zero-order valence-corrected chi connectivity index (χ0v) is 8.53. The Hall–Kier alpha value is -2.17. The molecule has 2 N–H and O–H groups in total. The highest BCUT2D eigenvalue weighted by molar-refractivity contribution is 6.04. The van der Waals surface area contributed by atoms with Crippen LogP contribution >= 0.6 is 0 Å². The summed E-state index contributed by atoms with van der Waals surface area (Å²) in [5.74, 6) is -2.34. The van der Waals surface area contributed by atoms with Gasteiger partial charge in [0.25, 0.3) is 0 Å². The van der Waals surface area contributed by atoms with Crippen LogP contribution in [0.1, 0.15) is 17.3 Å². The number of halogens is 1. The predicted molar refractivity (Wildman–Crippen MR) is 56.8 cm³/mol. The molecule has 1 amide bonds. The first-order chi connectivity index (χ1) is 7.54. The normalized spacial score (nSPS) is 10.4. The highest BCUT2D eigenvalue weighted by Crippen LogP contribution is 2.17. The van der Waals surface area contributed by atoms with E-state index in [1.165, 1.54) is 12.2 Å². The number of aromatic carboxylic acids is 1. The smallest absolute Gasteiger partial charge is 0.337 e. The van der Waals surface area contributed by atoms with Gasteiger partial charge in [-0.15, -0.1) is 0 Å². The van der Waals surface area contributed by atoms with E-state index in [1.54, 1.807) is 6.92 Å². The molecular formula is C11H10FNO3. The van der Waals surface area contributed by atoms with Gasteiger partial charge in [-0.3, -0.25) is 4.79 Å². The lowest BCUT2D eigenvalue weighted by molar-refractivity contribution is -0.111. The zero-order chi connectivity index (χ0) is 12.1. The number of carbonyl (C=O) groups excluding carboxylic acids is 1. The largest absolute Gasteiger partial charge is 0.478 e. The minimum absolute atomic E-state index is 0.0596. The quantitative estimate of drug-likeness (QED) is 0.770. The van der Waals surface area contributed by atoms with Gasteiger partial charge in [-0.25, -0.2) is 9.18 Å². The van der Waals surface area contributed by atoms with Crippen LogP contribution in [0.4, 0.5) is 10.1 Å². The summed E-state index contributed by atoms with van der Waals surface area (Å²) in [7, 11) is 0. The molecule has 0 heterocycles. The highest BCUT2D eigenvalue weighted by atomic mass is 19.1. The second-order valence-electron chi connectivity index (χ2n) is 2.98. The van der Waals surface area contributed by atoms with Gasteiger partial charge in [-0.2, -0.15) is 0 Å². The molecule has 0 radical (unpaired) electrons. The van der Waals surface area contributed by atoms with E-state index in [0.717, 1.165) is 18.2 Å². The summed E-state index contributed by atoms with van der Waals surface area (Å²) in [4.78, 5) is 22.0. The van der Waals surface area contributed by atoms with Crippen molar-refractivity contribution in [1.29, 1.82) is 0 Å². The number of carboxylic acids is 1. The second-order valence-corrected chi connectivity index (χ2v) is 2.98. The van der Waals surface area contributed by atoms with Crippen molar-refractivity contribution in [1.82, 2.24) is 0 Å². The summed E-state index contributed by atoms with van der Waals surface area (Å²) in [6.07, 6.45) is 2.71. The third-order valence-corrected chi connectivity index (χ3v) is 1.79. The number of allylic oxidation sites excluding steroid dienone is 1. The molecule has 0 aliphatic heterocycles. The molecular weight excluding hydrogens is 213 g/mol. The van der Waals surface area contributed by atoms with Gasteiger partial charge in [0.1, 0.15) is 5.82 Å². The number of hydrogen-bond donors (Lipinski definition) is 2. The zero-order valence-electron chi connectivity index (χ0n) is 8.53. The maximum absolute atomic E-state index is 12.9. The summed E-state index contributed by atoms with van der Waals surface area (Å²) < 4.78 is 12.9. The van der Waals surface area contributed by atoms with Crippen molar-refractivity contribution in [2.24, 2.45) is 0 Å². The number of anilines is 1. The summed E-state index contributed by atoms with van der Waals surface area (Å²) >= 11 is 0. The third-order valence-electron chi connectivity index (χ3n) is 1.79. The number of nitrogens with one attached hydrogen (secondary N) is 1. The first-order valence-electron chi connectivity index (χ1n) is 4.51. The van der Waals surface area contributed by atoms with Crippen LogP contribution in [0.15, 0.2) is 30.4 Å². The fourth-order valence-corrected chi connectivity index (χ4v) is 1.13. The van der Waals surface area contributed by atoms with Gasteiger partial charge in [0.2, 0.25) is 5.91 Å². The van der Waals surface area contributed by atoms with Crippen LogP contribution in [0.3, 0.4) is 0 Å². The SMILES string of the molecule is C/C=C/C(=O)Nc1cc(F)ccc1C(=O)O. The Morgan fingerprint density at radius 1 is 1.44 bits per heavy atom. The van der Waals surface area contributed by atoms with E-state index in [2.05, 4.69) is 5.32 Å². The van der Waals surface area contributed by atoms with E-state index in [9.17, 15) is 14.0 Å². The van der Waals surface area contributed by atoms with Gasteiger partial charge in [0.05, 0.1) is 11.3 Å². The maximum atomic E-state index is 12.9. The summed E-state index contributed by atoms with van der Waals surface area (Å²) in [6, 6.07) is 3.09. The first-order valence-corrected chi connectivity index (χ1v) is 4.51. The molecule has 0 saturated carbocycles. The maximum Gasteiger partial charge on any atom is 0.337 e. The second kappa shape index (κ2) is 5.06. The Bertz CT molecular complexity index is 455. The van der Waals surface area contributed by atoms with E-state index < -0.39 is 17.7 Å². The summed E-state index contributed by atoms with van der Waals surface area (Å²) in [6.45, 7) is 1.64. The highest BCUT2D eigenvalue weighted by Gasteiger charge is 2.12. The first kappa shape index (κ1) is 11.9. The molecule has 0 bridgehead atoms. The summed E-state index contributed by atoms with van der Waals surface area (Å²) in [5, 5.41) is 11.1. The van der Waals surface area contributed by atoms with Crippen LogP contribution in [0.25, 0.3) is 0 Å². The van der Waals surface area contributed by atoms with Crippen LogP contribution in [0.5, 0.6) is 0 Å². The minimum atomic E-state index is -1.23. The van der Waals surface area contributed by atoms with Crippen molar-refractivity contribution in [3.63, 3.8) is 0 Å². The molecule has 1 aromatic carbocycles. The van der Waals surface area contributed by atoms with Gasteiger partial charge >= 0.3 is 5.97 Å². The average Bonchev–Trinajstić information content (AvgIpc) is 2.17. The molecule has 0 aliphatic rings. The number of carboxylic acid groups (broad SMARTS) is 1. The molecule has 0 aliphatic carbocycles. The van der Waals surface area contributed by atoms with Crippen LogP contribution in [0, 0.1) is 5.82 Å². The molecule has 0 spiro atoms. The molecule has 0 unspecified atom stereocenters. The number of benzene rings is 1. The number of carbonyl (C=O) groups is 2. The standard InChI is InChI=1S/C11H10FNO3/c1-2-3-10(14)13-9-6-7(12)4-5-8(9)11(15)16/h2-6H,1H3,(H,13,14)(H,15,16)/b3-2+. The minimum Gasteiger partial charge on any atom is -0.478 e. The molecule has 16 heavy (non-hydrogen) atoms. The van der Waals surface area contributed by atoms with Crippen LogP contribution < -0.4 is 5.32 Å². The lowest BCUT2D eigenvalue weighted by Crippen LogP contribution is -2.12. The Morgan fingerprint density at radius 2 is 2.12 bits per heavy atom. The number of hydrogen-bond acceptors (Lipinski definition) is 2. The van der Waals surface area contributed by atoms with Crippen molar-refractivity contribution in [2.75, 3.05) is 5.32 Å². The Labute approximate surface area is 91.4 Å². The van der Waals surface area contributed by atoms with Crippen molar-refractivity contribution >= 4 is 17.6 Å². The van der Waals surface area contributed by atoms with Crippen molar-refractivity contribution < 1.29 is 19.1 Å². The third kappa shape index (κ3) is 2.91. The van der Waals surface area contributed by atoms with Gasteiger partial charge in [-0.1, -0.05) is 6.08 Å². The van der Waals surface area contributed by atoms with Crippen molar-refractivity contribution in [2.45, 2.75) is 6.92 Å². The van der Waals surface area contributed by atoms with Crippen molar-refractivity contribution in [3.05, 3.63) is 41.7 Å². The molecule has 0 atom stereocenters. The van der Waals surface area contributed by atoms with Crippen LogP contribution in [-0.4, -0.2) is 17.0 Å². The Balaban J connectivity index is 3.05. The van der Waals surface area contributed by atoms with Crippen LogP contribution in [-0.2, 0) is 4.79 Å². The molecule has 0 saturated heterocycles. The molecule has 4 nitrogen and oxygen atoms in total. The molecule has 5 heteroatoms. The van der Waals surface area contributed by atoms with E-state index in [-0.39, 0.29) is 11.3 Å². The van der Waals surface area contributed by atoms with E-state index >= 15 is 0 Å². The van der Waals surface area contributed by atoms with E-state index in [4.69, 9.17) is 5.11 Å². The Morgan fingerprint density at radius 3 is 2.69 bits per heavy atom. The molecule has 84 valence electrons. The van der Waals surface area contributed by atoms with Crippen LogP contribution in [0.2, 0.25) is 0 Å². The average molecular weight is 223 g/mol. The van der Waals surface area contributed by atoms with Gasteiger partial charge in [0.15, 0.2) is 0 Å². The van der Waals surface area contributed by atoms with Gasteiger partial charge in [0, 0.05) is 0 Å². The topological polar surface area (TPSA) is 66.4 Å². The lowest BCUT2D eigenvalue weighted by Gasteiger charge is -2.06. The monoisotopic (exact) mass is 223 g/mol. The van der Waals surface area contributed by atoms with Crippen molar-refractivity contribution in [3.8, 4) is 0 Å². The van der Waals surface area contributed by atoms with Gasteiger partial charge < -0.3 is 10.4 Å². The van der Waals surface area contributed by atoms with E-state index in [0.29, 0.717) is 0 Å². The fourth-order valence-electron chi connectivity index (χ4n) is 1.13. The molecule has 1 aromatic rings. The molecule has 1 rings (SSSR count). The molecule has 0 aromatic heterocycles. The fraction of sp³-hybridized carbons (Fsp3) is 0.0909. The number of amides is 1. The summed E-state index contributed by atoms with van der Waals surface area (Å²) in [5.41, 5.74) is -0.213. The Kier molecular flexibility index (Phi) is 3.77. The molecule has 0 fully saturated rings. The number of rotatable bonds is 3. The predicted octanol–water partition coefficient (Wildman–Crippen LogP) is 2.04. The van der Waals surface area contributed by atoms with E-state index in [1.807, 2.05) is 0 Å².